The van der Waals surface area contributed by atoms with Gasteiger partial charge in [0.05, 0.1) is 5.69 Å². The fourth-order valence-corrected chi connectivity index (χ4v) is 2.26. The molecule has 3 aromatic rings. The van der Waals surface area contributed by atoms with Gasteiger partial charge in [0.1, 0.15) is 12.1 Å². The number of hydrogen-bond donors (Lipinski definition) is 1. The Kier molecular flexibility index (Phi) is 4.85. The Balaban J connectivity index is 1.60. The Hall–Kier alpha value is -2.74. The number of ether oxygens (including phenoxy) is 1. The van der Waals surface area contributed by atoms with Crippen LogP contribution in [0.4, 0.5) is 5.69 Å². The number of nitrogens with zero attached hydrogens (tertiary/aromatic N) is 4. The zero-order valence-electron chi connectivity index (χ0n) is 12.8. The predicted molar refractivity (Wildman–Crippen MR) is 92.0 cm³/mol. The summed E-state index contributed by atoms with van der Waals surface area (Å²) in [5.41, 5.74) is 1.52. The second kappa shape index (κ2) is 7.22. The molecule has 0 saturated carbocycles. The van der Waals surface area contributed by atoms with E-state index in [1.165, 1.54) is 11.0 Å². The van der Waals surface area contributed by atoms with Crippen molar-refractivity contribution in [2.75, 3.05) is 5.32 Å². The Labute approximate surface area is 146 Å². The quantitative estimate of drug-likeness (QED) is 0.727. The predicted octanol–water partition coefficient (Wildman–Crippen LogP) is 2.83. The van der Waals surface area contributed by atoms with Crippen LogP contribution in [0.3, 0.4) is 0 Å². The van der Waals surface area contributed by atoms with Crippen LogP contribution in [0.1, 0.15) is 6.92 Å². The van der Waals surface area contributed by atoms with Gasteiger partial charge < -0.3 is 10.1 Å². The zero-order valence-corrected chi connectivity index (χ0v) is 14.3. The SMILES string of the molecule is CC(Oc1ccc(-n2cnnn2)cc1)C(=O)Nc1ccc(Br)cc1. The van der Waals surface area contributed by atoms with Gasteiger partial charge in [0.15, 0.2) is 6.10 Å². The molecule has 0 aliphatic rings. The van der Waals surface area contributed by atoms with E-state index < -0.39 is 6.10 Å². The van der Waals surface area contributed by atoms with E-state index in [4.69, 9.17) is 4.74 Å². The first-order chi connectivity index (χ1) is 11.6. The topological polar surface area (TPSA) is 81.9 Å². The first-order valence-corrected chi connectivity index (χ1v) is 7.97. The van der Waals surface area contributed by atoms with E-state index in [9.17, 15) is 4.79 Å². The van der Waals surface area contributed by atoms with Crippen molar-refractivity contribution in [3.63, 3.8) is 0 Å². The fraction of sp³-hybridized carbons (Fsp3) is 0.125. The van der Waals surface area contributed by atoms with Crippen molar-refractivity contribution in [2.24, 2.45) is 0 Å². The molecule has 1 heterocycles. The molecule has 0 saturated heterocycles. The summed E-state index contributed by atoms with van der Waals surface area (Å²) in [5, 5.41) is 13.8. The maximum atomic E-state index is 12.2. The number of anilines is 1. The highest BCUT2D eigenvalue weighted by atomic mass is 79.9. The molecule has 1 amide bonds. The first kappa shape index (κ1) is 16.1. The average Bonchev–Trinajstić information content (AvgIpc) is 3.12. The highest BCUT2D eigenvalue weighted by molar-refractivity contribution is 9.10. The Morgan fingerprint density at radius 1 is 1.17 bits per heavy atom. The number of carbonyl (C=O) groups is 1. The molecule has 7 nitrogen and oxygen atoms in total. The van der Waals surface area contributed by atoms with Gasteiger partial charge in [0, 0.05) is 10.2 Å². The fourth-order valence-electron chi connectivity index (χ4n) is 1.99. The zero-order chi connectivity index (χ0) is 16.9. The third kappa shape index (κ3) is 3.96. The molecular weight excluding hydrogens is 374 g/mol. The van der Waals surface area contributed by atoms with Gasteiger partial charge in [-0.05, 0) is 65.9 Å². The molecule has 0 radical (unpaired) electrons. The molecule has 3 rings (SSSR count). The highest BCUT2D eigenvalue weighted by Gasteiger charge is 2.15. The summed E-state index contributed by atoms with van der Waals surface area (Å²) in [6, 6.07) is 14.5. The molecule has 24 heavy (non-hydrogen) atoms. The lowest BCUT2D eigenvalue weighted by Crippen LogP contribution is -2.30. The van der Waals surface area contributed by atoms with E-state index in [1.54, 1.807) is 19.1 Å². The molecule has 0 aliphatic heterocycles. The third-order valence-corrected chi connectivity index (χ3v) is 3.77. The van der Waals surface area contributed by atoms with Crippen LogP contribution in [0.5, 0.6) is 5.75 Å². The smallest absolute Gasteiger partial charge is 0.265 e. The van der Waals surface area contributed by atoms with E-state index in [0.29, 0.717) is 11.4 Å². The van der Waals surface area contributed by atoms with Crippen LogP contribution >= 0.6 is 15.9 Å². The van der Waals surface area contributed by atoms with Gasteiger partial charge in [-0.25, -0.2) is 4.68 Å². The van der Waals surface area contributed by atoms with Gasteiger partial charge in [0.25, 0.3) is 5.91 Å². The van der Waals surface area contributed by atoms with Crippen molar-refractivity contribution in [3.05, 3.63) is 59.3 Å². The normalized spacial score (nSPS) is 11.8. The molecule has 1 aromatic heterocycles. The molecule has 8 heteroatoms. The Morgan fingerprint density at radius 2 is 1.88 bits per heavy atom. The van der Waals surface area contributed by atoms with Gasteiger partial charge in [-0.3, -0.25) is 4.79 Å². The van der Waals surface area contributed by atoms with E-state index in [2.05, 4.69) is 36.8 Å². The summed E-state index contributed by atoms with van der Waals surface area (Å²) < 4.78 is 8.15. The molecule has 1 unspecified atom stereocenters. The Morgan fingerprint density at radius 3 is 2.50 bits per heavy atom. The lowest BCUT2D eigenvalue weighted by atomic mass is 10.3. The molecule has 2 aromatic carbocycles. The minimum Gasteiger partial charge on any atom is -0.481 e. The van der Waals surface area contributed by atoms with Crippen LogP contribution in [-0.2, 0) is 4.79 Å². The van der Waals surface area contributed by atoms with Crippen LogP contribution < -0.4 is 10.1 Å². The molecule has 122 valence electrons. The number of tetrazole rings is 1. The summed E-state index contributed by atoms with van der Waals surface area (Å²) in [5.74, 6) is 0.368. The monoisotopic (exact) mass is 387 g/mol. The van der Waals surface area contributed by atoms with Crippen LogP contribution in [-0.4, -0.2) is 32.2 Å². The number of aromatic nitrogens is 4. The number of amides is 1. The second-order valence-corrected chi connectivity index (χ2v) is 5.92. The molecule has 1 atom stereocenters. The molecule has 0 fully saturated rings. The number of rotatable bonds is 5. The summed E-state index contributed by atoms with van der Waals surface area (Å²) in [4.78, 5) is 12.2. The summed E-state index contributed by atoms with van der Waals surface area (Å²) in [7, 11) is 0. The molecule has 1 N–H and O–H groups in total. The molecule has 0 spiro atoms. The van der Waals surface area contributed by atoms with E-state index in [0.717, 1.165) is 10.2 Å². The standard InChI is InChI=1S/C16H14BrN5O2/c1-11(16(23)19-13-4-2-12(17)3-5-13)24-15-8-6-14(7-9-15)22-10-18-20-21-22/h2-11H,1H3,(H,19,23). The van der Waals surface area contributed by atoms with Gasteiger partial charge in [-0.15, -0.1) is 5.10 Å². The Bertz CT molecular complexity index is 803. The molecule has 0 bridgehead atoms. The van der Waals surface area contributed by atoms with Gasteiger partial charge >= 0.3 is 0 Å². The van der Waals surface area contributed by atoms with Crippen molar-refractivity contribution in [1.29, 1.82) is 0 Å². The van der Waals surface area contributed by atoms with Crippen molar-refractivity contribution in [1.82, 2.24) is 20.2 Å². The van der Waals surface area contributed by atoms with Crippen molar-refractivity contribution >= 4 is 27.5 Å². The summed E-state index contributed by atoms with van der Waals surface area (Å²) in [6.45, 7) is 1.70. The number of halogens is 1. The lowest BCUT2D eigenvalue weighted by Gasteiger charge is -2.15. The summed E-state index contributed by atoms with van der Waals surface area (Å²) in [6.07, 6.45) is 0.872. The van der Waals surface area contributed by atoms with Crippen molar-refractivity contribution in [2.45, 2.75) is 13.0 Å². The van der Waals surface area contributed by atoms with Crippen LogP contribution in [0.25, 0.3) is 5.69 Å². The van der Waals surface area contributed by atoms with Gasteiger partial charge in [0.2, 0.25) is 0 Å². The molecule has 0 aliphatic carbocycles. The van der Waals surface area contributed by atoms with Crippen molar-refractivity contribution in [3.8, 4) is 11.4 Å². The maximum absolute atomic E-state index is 12.2. The number of carbonyl (C=O) groups excluding carboxylic acids is 1. The van der Waals surface area contributed by atoms with Gasteiger partial charge in [-0.1, -0.05) is 15.9 Å². The van der Waals surface area contributed by atoms with Crippen LogP contribution in [0.2, 0.25) is 0 Å². The van der Waals surface area contributed by atoms with Crippen molar-refractivity contribution < 1.29 is 9.53 Å². The van der Waals surface area contributed by atoms with E-state index >= 15 is 0 Å². The minimum absolute atomic E-state index is 0.220. The third-order valence-electron chi connectivity index (χ3n) is 3.24. The number of hydrogen-bond acceptors (Lipinski definition) is 5. The number of benzene rings is 2. The summed E-state index contributed by atoms with van der Waals surface area (Å²) >= 11 is 3.35. The average molecular weight is 388 g/mol. The number of nitrogens with one attached hydrogen (secondary N) is 1. The van der Waals surface area contributed by atoms with Crippen LogP contribution in [0.15, 0.2) is 59.3 Å². The highest BCUT2D eigenvalue weighted by Crippen LogP contribution is 2.17. The molecular formula is C16H14BrN5O2. The maximum Gasteiger partial charge on any atom is 0.265 e. The van der Waals surface area contributed by atoms with Crippen LogP contribution in [0, 0.1) is 0 Å². The minimum atomic E-state index is -0.632. The lowest BCUT2D eigenvalue weighted by molar-refractivity contribution is -0.122. The van der Waals surface area contributed by atoms with E-state index in [1.807, 2.05) is 36.4 Å². The van der Waals surface area contributed by atoms with E-state index in [-0.39, 0.29) is 5.91 Å². The second-order valence-electron chi connectivity index (χ2n) is 5.00. The van der Waals surface area contributed by atoms with Gasteiger partial charge in [-0.2, -0.15) is 0 Å². The first-order valence-electron chi connectivity index (χ1n) is 7.18. The largest absolute Gasteiger partial charge is 0.481 e.